The van der Waals surface area contributed by atoms with Crippen molar-refractivity contribution in [1.29, 1.82) is 0 Å². The molecule has 1 amide bonds. The summed E-state index contributed by atoms with van der Waals surface area (Å²) in [5, 5.41) is 4.31. The second kappa shape index (κ2) is 5.77. The number of fused-ring (bicyclic) bond motifs is 3. The third-order valence-corrected chi connectivity index (χ3v) is 4.55. The number of hydrogen-bond donors (Lipinski definition) is 0. The van der Waals surface area contributed by atoms with Gasteiger partial charge in [0.2, 0.25) is 5.91 Å². The van der Waals surface area contributed by atoms with Crippen molar-refractivity contribution in [2.24, 2.45) is 13.0 Å². The average Bonchev–Trinajstić information content (AvgIpc) is 2.56. The zero-order valence-electron chi connectivity index (χ0n) is 13.1. The van der Waals surface area contributed by atoms with E-state index >= 15 is 0 Å². The van der Waals surface area contributed by atoms with Crippen molar-refractivity contribution >= 4 is 5.91 Å². The first kappa shape index (κ1) is 14.5. The van der Waals surface area contributed by atoms with E-state index in [0.717, 1.165) is 44.1 Å². The quantitative estimate of drug-likeness (QED) is 0.773. The summed E-state index contributed by atoms with van der Waals surface area (Å²) >= 11 is 0. The van der Waals surface area contributed by atoms with E-state index in [0.29, 0.717) is 18.4 Å². The van der Waals surface area contributed by atoms with Gasteiger partial charge in [0.25, 0.3) is 0 Å². The SMILES string of the molecule is Cc1nn(C)cc1CC(=O)N1C[C@@H]2COC[C@H](C1)N(C)C2. The van der Waals surface area contributed by atoms with Gasteiger partial charge in [-0.3, -0.25) is 14.4 Å². The highest BCUT2D eigenvalue weighted by atomic mass is 16.5. The number of ether oxygens (including phenoxy) is 1. The Balaban J connectivity index is 1.71. The van der Waals surface area contributed by atoms with Crippen molar-refractivity contribution < 1.29 is 9.53 Å². The molecule has 2 aliphatic rings. The highest BCUT2D eigenvalue weighted by Crippen LogP contribution is 2.19. The van der Waals surface area contributed by atoms with Crippen LogP contribution < -0.4 is 0 Å². The Bertz CT molecular complexity index is 528. The van der Waals surface area contributed by atoms with E-state index in [2.05, 4.69) is 17.0 Å². The van der Waals surface area contributed by atoms with Crippen LogP contribution in [0.4, 0.5) is 0 Å². The minimum Gasteiger partial charge on any atom is -0.379 e. The van der Waals surface area contributed by atoms with E-state index in [1.54, 1.807) is 4.68 Å². The van der Waals surface area contributed by atoms with Gasteiger partial charge < -0.3 is 9.64 Å². The van der Waals surface area contributed by atoms with Crippen LogP contribution in [-0.2, 0) is 23.0 Å². The summed E-state index contributed by atoms with van der Waals surface area (Å²) in [6.07, 6.45) is 2.39. The topological polar surface area (TPSA) is 50.6 Å². The largest absolute Gasteiger partial charge is 0.379 e. The fraction of sp³-hybridized carbons (Fsp3) is 0.733. The fourth-order valence-electron chi connectivity index (χ4n) is 3.35. The van der Waals surface area contributed by atoms with Crippen molar-refractivity contribution in [1.82, 2.24) is 19.6 Å². The molecule has 2 fully saturated rings. The van der Waals surface area contributed by atoms with E-state index < -0.39 is 0 Å². The Labute approximate surface area is 125 Å². The molecule has 116 valence electrons. The van der Waals surface area contributed by atoms with Gasteiger partial charge in [0.05, 0.1) is 31.4 Å². The lowest BCUT2D eigenvalue weighted by atomic mass is 10.1. The maximum atomic E-state index is 12.6. The Morgan fingerprint density at radius 3 is 2.86 bits per heavy atom. The zero-order chi connectivity index (χ0) is 15.0. The highest BCUT2D eigenvalue weighted by molar-refractivity contribution is 5.79. The summed E-state index contributed by atoms with van der Waals surface area (Å²) in [4.78, 5) is 17.0. The Morgan fingerprint density at radius 2 is 2.14 bits per heavy atom. The zero-order valence-corrected chi connectivity index (χ0v) is 13.1. The third-order valence-electron chi connectivity index (χ3n) is 4.55. The first-order valence-corrected chi connectivity index (χ1v) is 7.58. The Morgan fingerprint density at radius 1 is 1.33 bits per heavy atom. The van der Waals surface area contributed by atoms with E-state index in [1.807, 2.05) is 25.1 Å². The van der Waals surface area contributed by atoms with Crippen LogP contribution >= 0.6 is 0 Å². The molecule has 0 aliphatic carbocycles. The number of carbonyl (C=O) groups is 1. The van der Waals surface area contributed by atoms with Gasteiger partial charge in [-0.25, -0.2) is 0 Å². The number of carbonyl (C=O) groups excluding carboxylic acids is 1. The van der Waals surface area contributed by atoms with Crippen LogP contribution in [-0.4, -0.2) is 71.4 Å². The van der Waals surface area contributed by atoms with Crippen molar-refractivity contribution in [3.05, 3.63) is 17.5 Å². The molecular formula is C15H24N4O2. The minimum absolute atomic E-state index is 0.207. The molecule has 3 heterocycles. The third kappa shape index (κ3) is 3.11. The number of rotatable bonds is 2. The van der Waals surface area contributed by atoms with Crippen LogP contribution in [0.1, 0.15) is 11.3 Å². The van der Waals surface area contributed by atoms with E-state index in [-0.39, 0.29) is 5.91 Å². The van der Waals surface area contributed by atoms with Gasteiger partial charge in [-0.15, -0.1) is 0 Å². The van der Waals surface area contributed by atoms with Gasteiger partial charge in [0.1, 0.15) is 0 Å². The predicted octanol–water partition coefficient (Wildman–Crippen LogP) is 0.0600. The van der Waals surface area contributed by atoms with Crippen molar-refractivity contribution in [3.63, 3.8) is 0 Å². The van der Waals surface area contributed by atoms with Gasteiger partial charge in [-0.1, -0.05) is 0 Å². The monoisotopic (exact) mass is 292 g/mol. The summed E-state index contributed by atoms with van der Waals surface area (Å²) in [7, 11) is 4.02. The van der Waals surface area contributed by atoms with Gasteiger partial charge in [-0.2, -0.15) is 5.10 Å². The number of aromatic nitrogens is 2. The molecule has 0 aromatic carbocycles. The molecule has 0 N–H and O–H groups in total. The second-order valence-corrected chi connectivity index (χ2v) is 6.39. The summed E-state index contributed by atoms with van der Waals surface area (Å²) in [6, 6.07) is 0.316. The van der Waals surface area contributed by atoms with Crippen LogP contribution in [0.2, 0.25) is 0 Å². The molecule has 2 atom stereocenters. The lowest BCUT2D eigenvalue weighted by molar-refractivity contribution is -0.132. The van der Waals surface area contributed by atoms with Crippen LogP contribution in [0.15, 0.2) is 6.20 Å². The number of hydrogen-bond acceptors (Lipinski definition) is 4. The van der Waals surface area contributed by atoms with Crippen molar-refractivity contribution in [2.75, 3.05) is 39.9 Å². The first-order chi connectivity index (χ1) is 10.0. The summed E-state index contributed by atoms with van der Waals surface area (Å²) in [5.74, 6) is 0.625. The molecule has 1 aromatic heterocycles. The first-order valence-electron chi connectivity index (χ1n) is 7.58. The van der Waals surface area contributed by atoms with Gasteiger partial charge in [0.15, 0.2) is 0 Å². The van der Waals surface area contributed by atoms with E-state index in [9.17, 15) is 4.79 Å². The lowest BCUT2D eigenvalue weighted by Gasteiger charge is -2.29. The predicted molar refractivity (Wildman–Crippen MR) is 79.0 cm³/mol. The van der Waals surface area contributed by atoms with E-state index in [1.165, 1.54) is 0 Å². The van der Waals surface area contributed by atoms with Gasteiger partial charge in [0, 0.05) is 44.4 Å². The number of nitrogens with zero attached hydrogens (tertiary/aromatic N) is 4. The smallest absolute Gasteiger partial charge is 0.227 e. The van der Waals surface area contributed by atoms with Crippen LogP contribution in [0.5, 0.6) is 0 Å². The molecule has 6 heteroatoms. The van der Waals surface area contributed by atoms with Gasteiger partial charge >= 0.3 is 0 Å². The molecule has 0 radical (unpaired) electrons. The van der Waals surface area contributed by atoms with Crippen LogP contribution in [0, 0.1) is 12.8 Å². The van der Waals surface area contributed by atoms with Crippen LogP contribution in [0.25, 0.3) is 0 Å². The molecule has 1 aromatic rings. The summed E-state index contributed by atoms with van der Waals surface area (Å²) in [6.45, 7) is 6.03. The summed E-state index contributed by atoms with van der Waals surface area (Å²) in [5.41, 5.74) is 1.97. The molecule has 21 heavy (non-hydrogen) atoms. The second-order valence-electron chi connectivity index (χ2n) is 6.39. The molecule has 0 spiro atoms. The molecule has 2 saturated heterocycles. The maximum Gasteiger partial charge on any atom is 0.227 e. The lowest BCUT2D eigenvalue weighted by Crippen LogP contribution is -2.45. The number of amides is 1. The highest BCUT2D eigenvalue weighted by Gasteiger charge is 2.33. The molecular weight excluding hydrogens is 268 g/mol. The van der Waals surface area contributed by atoms with Crippen molar-refractivity contribution in [2.45, 2.75) is 19.4 Å². The van der Waals surface area contributed by atoms with E-state index in [4.69, 9.17) is 4.74 Å². The van der Waals surface area contributed by atoms with Gasteiger partial charge in [-0.05, 0) is 14.0 Å². The molecule has 0 saturated carbocycles. The maximum absolute atomic E-state index is 12.6. The normalized spacial score (nSPS) is 26.7. The van der Waals surface area contributed by atoms with Crippen LogP contribution in [0.3, 0.4) is 0 Å². The Kier molecular flexibility index (Phi) is 3.99. The standard InChI is InChI=1S/C15H24N4O2/c1-11-13(7-18(3)16-11)4-15(20)19-6-12-5-17(2)14(8-19)10-21-9-12/h7,12,14H,4-6,8-10H2,1-3H3/t12-,14+/m1/s1. The Hall–Kier alpha value is -1.40. The fourth-order valence-corrected chi connectivity index (χ4v) is 3.35. The minimum atomic E-state index is 0.207. The average molecular weight is 292 g/mol. The molecule has 6 nitrogen and oxygen atoms in total. The summed E-state index contributed by atoms with van der Waals surface area (Å²) < 4.78 is 7.48. The molecule has 2 aliphatic heterocycles. The number of aryl methyl sites for hydroxylation is 2. The van der Waals surface area contributed by atoms with Crippen molar-refractivity contribution in [3.8, 4) is 0 Å². The molecule has 3 rings (SSSR count). The molecule has 0 unspecified atom stereocenters. The number of likely N-dealkylation sites (N-methyl/N-ethyl adjacent to an activating group) is 1. The molecule has 2 bridgehead atoms.